The normalized spacial score (nSPS) is 12.6. The van der Waals surface area contributed by atoms with Crippen LogP contribution in [0.5, 0.6) is 11.5 Å². The summed E-state index contributed by atoms with van der Waals surface area (Å²) in [5, 5.41) is 11.0. The SMILES string of the molecule is Cc1ccc(C(=O)N(C)Cc2ccc3c(c2)OCCO3)cc1[N+](=O)[O-]. The van der Waals surface area contributed by atoms with E-state index in [1.165, 1.54) is 11.0 Å². The number of nitrogens with zero attached hydrogens (tertiary/aromatic N) is 2. The topological polar surface area (TPSA) is 81.9 Å². The average Bonchev–Trinajstić information content (AvgIpc) is 2.61. The van der Waals surface area contributed by atoms with Gasteiger partial charge in [-0.05, 0) is 30.7 Å². The molecule has 3 rings (SSSR count). The van der Waals surface area contributed by atoms with Gasteiger partial charge in [-0.2, -0.15) is 0 Å². The smallest absolute Gasteiger partial charge is 0.273 e. The number of aryl methyl sites for hydroxylation is 1. The van der Waals surface area contributed by atoms with Crippen molar-refractivity contribution in [2.24, 2.45) is 0 Å². The van der Waals surface area contributed by atoms with Gasteiger partial charge in [0.1, 0.15) is 13.2 Å². The molecule has 0 aromatic heterocycles. The lowest BCUT2D eigenvalue weighted by atomic mass is 10.1. The fourth-order valence-corrected chi connectivity index (χ4v) is 2.69. The number of carbonyl (C=O) groups excluding carboxylic acids is 1. The Morgan fingerprint density at radius 3 is 2.60 bits per heavy atom. The number of hydrogen-bond donors (Lipinski definition) is 0. The third-order valence-electron chi connectivity index (χ3n) is 4.03. The molecule has 0 bridgehead atoms. The van der Waals surface area contributed by atoms with Crippen molar-refractivity contribution in [3.63, 3.8) is 0 Å². The first kappa shape index (κ1) is 16.8. The van der Waals surface area contributed by atoms with Crippen molar-refractivity contribution >= 4 is 11.6 Å². The van der Waals surface area contributed by atoms with Gasteiger partial charge in [0.15, 0.2) is 11.5 Å². The zero-order chi connectivity index (χ0) is 18.0. The molecule has 1 aliphatic rings. The Kier molecular flexibility index (Phi) is 4.56. The minimum absolute atomic E-state index is 0.0569. The van der Waals surface area contributed by atoms with Crippen molar-refractivity contribution < 1.29 is 19.2 Å². The Morgan fingerprint density at radius 1 is 1.16 bits per heavy atom. The van der Waals surface area contributed by atoms with E-state index in [0.717, 1.165) is 5.56 Å². The number of ether oxygens (including phenoxy) is 2. The van der Waals surface area contributed by atoms with E-state index in [0.29, 0.717) is 36.8 Å². The summed E-state index contributed by atoms with van der Waals surface area (Å²) in [6, 6.07) is 10.0. The van der Waals surface area contributed by atoms with Gasteiger partial charge in [0.2, 0.25) is 0 Å². The quantitative estimate of drug-likeness (QED) is 0.630. The molecule has 0 aliphatic carbocycles. The van der Waals surface area contributed by atoms with E-state index in [-0.39, 0.29) is 17.2 Å². The number of benzene rings is 2. The summed E-state index contributed by atoms with van der Waals surface area (Å²) in [6.07, 6.45) is 0. The molecule has 0 unspecified atom stereocenters. The molecule has 0 atom stereocenters. The fraction of sp³-hybridized carbons (Fsp3) is 0.278. The molecule has 7 nitrogen and oxygen atoms in total. The van der Waals surface area contributed by atoms with Gasteiger partial charge in [-0.25, -0.2) is 0 Å². The van der Waals surface area contributed by atoms with Crippen molar-refractivity contribution in [1.82, 2.24) is 4.90 Å². The van der Waals surface area contributed by atoms with Crippen LogP contribution in [0.3, 0.4) is 0 Å². The van der Waals surface area contributed by atoms with Crippen LogP contribution in [-0.2, 0) is 6.54 Å². The van der Waals surface area contributed by atoms with Crippen LogP contribution in [0.2, 0.25) is 0 Å². The summed E-state index contributed by atoms with van der Waals surface area (Å²) in [6.45, 7) is 3.03. The van der Waals surface area contributed by atoms with E-state index in [2.05, 4.69) is 0 Å². The van der Waals surface area contributed by atoms with Gasteiger partial charge in [0, 0.05) is 30.8 Å². The summed E-state index contributed by atoms with van der Waals surface area (Å²) in [4.78, 5) is 24.7. The maximum absolute atomic E-state index is 12.6. The van der Waals surface area contributed by atoms with Crippen LogP contribution in [0.25, 0.3) is 0 Å². The highest BCUT2D eigenvalue weighted by molar-refractivity contribution is 5.94. The minimum atomic E-state index is -0.479. The maximum atomic E-state index is 12.6. The summed E-state index contributed by atoms with van der Waals surface area (Å²) in [5.74, 6) is 1.08. The monoisotopic (exact) mass is 342 g/mol. The predicted molar refractivity (Wildman–Crippen MR) is 91.1 cm³/mol. The second-order valence-corrected chi connectivity index (χ2v) is 5.90. The van der Waals surface area contributed by atoms with Crippen LogP contribution >= 0.6 is 0 Å². The Balaban J connectivity index is 1.77. The zero-order valence-corrected chi connectivity index (χ0v) is 14.0. The van der Waals surface area contributed by atoms with Crippen molar-refractivity contribution in [3.05, 3.63) is 63.2 Å². The third-order valence-corrected chi connectivity index (χ3v) is 4.03. The van der Waals surface area contributed by atoms with Crippen LogP contribution in [0.15, 0.2) is 36.4 Å². The van der Waals surface area contributed by atoms with E-state index >= 15 is 0 Å². The van der Waals surface area contributed by atoms with Gasteiger partial charge in [0.05, 0.1) is 4.92 Å². The summed E-state index contributed by atoms with van der Waals surface area (Å²) >= 11 is 0. The first-order chi connectivity index (χ1) is 12.0. The van der Waals surface area contributed by atoms with Crippen LogP contribution in [0.1, 0.15) is 21.5 Å². The average molecular weight is 342 g/mol. The fourth-order valence-electron chi connectivity index (χ4n) is 2.69. The van der Waals surface area contributed by atoms with Gasteiger partial charge in [0.25, 0.3) is 11.6 Å². The number of hydrogen-bond acceptors (Lipinski definition) is 5. The molecule has 130 valence electrons. The molecule has 2 aromatic rings. The molecular formula is C18H18N2O5. The molecule has 0 radical (unpaired) electrons. The lowest BCUT2D eigenvalue weighted by Crippen LogP contribution is -2.26. The molecule has 25 heavy (non-hydrogen) atoms. The van der Waals surface area contributed by atoms with Gasteiger partial charge < -0.3 is 14.4 Å². The molecular weight excluding hydrogens is 324 g/mol. The molecule has 0 saturated carbocycles. The van der Waals surface area contributed by atoms with Gasteiger partial charge in [-0.1, -0.05) is 12.1 Å². The zero-order valence-electron chi connectivity index (χ0n) is 14.0. The second kappa shape index (κ2) is 6.80. The van der Waals surface area contributed by atoms with Crippen LogP contribution in [0.4, 0.5) is 5.69 Å². The highest BCUT2D eigenvalue weighted by atomic mass is 16.6. The van der Waals surface area contributed by atoms with Gasteiger partial charge >= 0.3 is 0 Å². The first-order valence-corrected chi connectivity index (χ1v) is 7.85. The molecule has 0 N–H and O–H groups in total. The number of amides is 1. The molecule has 0 spiro atoms. The standard InChI is InChI=1S/C18H18N2O5/c1-12-3-5-14(10-15(12)20(22)23)18(21)19(2)11-13-4-6-16-17(9-13)25-8-7-24-16/h3-6,9-10H,7-8,11H2,1-2H3. The van der Waals surface area contributed by atoms with Gasteiger partial charge in [-0.3, -0.25) is 14.9 Å². The molecule has 1 heterocycles. The Morgan fingerprint density at radius 2 is 1.88 bits per heavy atom. The molecule has 0 saturated heterocycles. The molecule has 2 aromatic carbocycles. The Hall–Kier alpha value is -3.09. The van der Waals surface area contributed by atoms with E-state index in [1.54, 1.807) is 26.1 Å². The lowest BCUT2D eigenvalue weighted by Gasteiger charge is -2.21. The highest BCUT2D eigenvalue weighted by Crippen LogP contribution is 2.31. The first-order valence-electron chi connectivity index (χ1n) is 7.85. The van der Waals surface area contributed by atoms with E-state index in [1.807, 2.05) is 18.2 Å². The van der Waals surface area contributed by atoms with Crippen LogP contribution < -0.4 is 9.47 Å². The number of nitro groups is 1. The van der Waals surface area contributed by atoms with Crippen LogP contribution in [0, 0.1) is 17.0 Å². The largest absolute Gasteiger partial charge is 0.486 e. The lowest BCUT2D eigenvalue weighted by molar-refractivity contribution is -0.385. The van der Waals surface area contributed by atoms with E-state index < -0.39 is 4.92 Å². The van der Waals surface area contributed by atoms with Crippen molar-refractivity contribution in [2.75, 3.05) is 20.3 Å². The Bertz CT molecular complexity index is 834. The third kappa shape index (κ3) is 3.55. The van der Waals surface area contributed by atoms with Crippen molar-refractivity contribution in [3.8, 4) is 11.5 Å². The Labute approximate surface area is 144 Å². The summed E-state index contributed by atoms with van der Waals surface area (Å²) in [7, 11) is 1.66. The molecule has 1 amide bonds. The van der Waals surface area contributed by atoms with E-state index in [4.69, 9.17) is 9.47 Å². The van der Waals surface area contributed by atoms with Crippen molar-refractivity contribution in [2.45, 2.75) is 13.5 Å². The molecule has 0 fully saturated rings. The van der Waals surface area contributed by atoms with Crippen molar-refractivity contribution in [1.29, 1.82) is 0 Å². The summed E-state index contributed by atoms with van der Waals surface area (Å²) < 4.78 is 11.0. The number of nitro benzene ring substituents is 1. The number of fused-ring (bicyclic) bond motifs is 1. The van der Waals surface area contributed by atoms with E-state index in [9.17, 15) is 14.9 Å². The number of rotatable bonds is 4. The predicted octanol–water partition coefficient (Wildman–Crippen LogP) is 2.95. The minimum Gasteiger partial charge on any atom is -0.486 e. The highest BCUT2D eigenvalue weighted by Gasteiger charge is 2.19. The van der Waals surface area contributed by atoms with Gasteiger partial charge in [-0.15, -0.1) is 0 Å². The number of carbonyl (C=O) groups is 1. The molecule has 1 aliphatic heterocycles. The summed E-state index contributed by atoms with van der Waals surface area (Å²) in [5.41, 5.74) is 1.65. The second-order valence-electron chi connectivity index (χ2n) is 5.90. The van der Waals surface area contributed by atoms with Crippen LogP contribution in [-0.4, -0.2) is 36.0 Å². The maximum Gasteiger partial charge on any atom is 0.273 e. The molecule has 7 heteroatoms.